The standard InChI is InChI=1S/C28H23N5O4S/c34-25(20-10-11-21-16-29-13-12-19(21)15-20)33(37)31-28(38)30-22(14-18-6-2-1-3-7-18)17-32-26(35)23-8-4-5-9-24(23)27(32)36/h1-13,15-16,22,33H,14,17H2,(H2,30,31,38). The molecular formula is C28H23N5O4S. The number of quaternary nitrogens is 1. The van der Waals surface area contributed by atoms with Crippen molar-refractivity contribution < 1.29 is 19.6 Å². The van der Waals surface area contributed by atoms with Crippen LogP contribution in [0.2, 0.25) is 0 Å². The molecular weight excluding hydrogens is 502 g/mol. The first-order valence-electron chi connectivity index (χ1n) is 11.9. The van der Waals surface area contributed by atoms with Crippen LogP contribution in [0.15, 0.2) is 91.3 Å². The van der Waals surface area contributed by atoms with Gasteiger partial charge in [0.05, 0.1) is 22.7 Å². The van der Waals surface area contributed by atoms with Crippen LogP contribution in [0.5, 0.6) is 0 Å². The number of hydroxylamine groups is 1. The number of hydrogen-bond donors (Lipinski definition) is 3. The summed E-state index contributed by atoms with van der Waals surface area (Å²) in [6.07, 6.45) is 3.69. The van der Waals surface area contributed by atoms with E-state index < -0.39 is 17.1 Å². The third kappa shape index (κ3) is 5.28. The predicted molar refractivity (Wildman–Crippen MR) is 145 cm³/mol. The van der Waals surface area contributed by atoms with E-state index in [9.17, 15) is 19.6 Å². The van der Waals surface area contributed by atoms with Gasteiger partial charge in [-0.15, -0.1) is 0 Å². The van der Waals surface area contributed by atoms with Gasteiger partial charge in [0, 0.05) is 24.3 Å². The number of rotatable bonds is 6. The molecule has 4 aromatic rings. The molecule has 9 nitrogen and oxygen atoms in total. The molecule has 0 radical (unpaired) electrons. The average Bonchev–Trinajstić information content (AvgIpc) is 3.17. The molecule has 1 aromatic heterocycles. The molecule has 3 N–H and O–H groups in total. The summed E-state index contributed by atoms with van der Waals surface area (Å²) in [6, 6.07) is 22.3. The first-order chi connectivity index (χ1) is 18.4. The molecule has 1 aliphatic heterocycles. The zero-order valence-corrected chi connectivity index (χ0v) is 20.9. The summed E-state index contributed by atoms with van der Waals surface area (Å²) in [6.45, 7) is 0.0178. The van der Waals surface area contributed by atoms with Crippen molar-refractivity contribution in [2.75, 3.05) is 6.54 Å². The summed E-state index contributed by atoms with van der Waals surface area (Å²) < 4.78 is 0. The van der Waals surface area contributed by atoms with Crippen molar-refractivity contribution in [3.63, 3.8) is 0 Å². The molecule has 38 heavy (non-hydrogen) atoms. The van der Waals surface area contributed by atoms with Crippen LogP contribution in [-0.4, -0.2) is 45.3 Å². The number of amides is 3. The highest BCUT2D eigenvalue weighted by Gasteiger charge is 2.36. The van der Waals surface area contributed by atoms with E-state index >= 15 is 0 Å². The fourth-order valence-corrected chi connectivity index (χ4v) is 4.68. The van der Waals surface area contributed by atoms with Gasteiger partial charge in [-0.05, 0) is 59.9 Å². The maximum atomic E-state index is 12.9. The molecule has 2 heterocycles. The third-order valence-electron chi connectivity index (χ3n) is 6.28. The van der Waals surface area contributed by atoms with Crippen LogP contribution in [0.4, 0.5) is 0 Å². The Morgan fingerprint density at radius 1 is 0.947 bits per heavy atom. The lowest BCUT2D eigenvalue weighted by molar-refractivity contribution is -0.796. The Bertz CT molecular complexity index is 1510. The van der Waals surface area contributed by atoms with Crippen molar-refractivity contribution in [2.24, 2.45) is 0 Å². The van der Waals surface area contributed by atoms with Crippen molar-refractivity contribution in [3.8, 4) is 0 Å². The second-order valence-electron chi connectivity index (χ2n) is 8.85. The largest absolute Gasteiger partial charge is 0.600 e. The van der Waals surface area contributed by atoms with Crippen molar-refractivity contribution in [1.82, 2.24) is 20.6 Å². The van der Waals surface area contributed by atoms with Gasteiger partial charge in [-0.3, -0.25) is 19.5 Å². The van der Waals surface area contributed by atoms with E-state index in [4.69, 9.17) is 12.2 Å². The number of imide groups is 1. The van der Waals surface area contributed by atoms with E-state index in [-0.39, 0.29) is 29.0 Å². The minimum atomic E-state index is -0.893. The Hall–Kier alpha value is -4.51. The average molecular weight is 526 g/mol. The van der Waals surface area contributed by atoms with Crippen molar-refractivity contribution in [3.05, 3.63) is 119 Å². The molecule has 3 amide bonds. The van der Waals surface area contributed by atoms with Crippen LogP contribution in [-0.2, 0) is 6.42 Å². The van der Waals surface area contributed by atoms with Crippen LogP contribution in [0, 0.1) is 5.21 Å². The van der Waals surface area contributed by atoms with Crippen LogP contribution in [0.25, 0.3) is 10.8 Å². The maximum absolute atomic E-state index is 12.9. The minimum Gasteiger partial charge on any atom is -0.600 e. The van der Waals surface area contributed by atoms with E-state index in [2.05, 4.69) is 15.7 Å². The van der Waals surface area contributed by atoms with Crippen molar-refractivity contribution >= 4 is 45.8 Å². The van der Waals surface area contributed by atoms with Crippen LogP contribution in [0.1, 0.15) is 36.6 Å². The maximum Gasteiger partial charge on any atom is 0.368 e. The normalized spacial score (nSPS) is 14.2. The van der Waals surface area contributed by atoms with Crippen molar-refractivity contribution in [2.45, 2.75) is 12.5 Å². The second-order valence-corrected chi connectivity index (χ2v) is 9.26. The fourth-order valence-electron chi connectivity index (χ4n) is 4.42. The van der Waals surface area contributed by atoms with Gasteiger partial charge in [0.2, 0.25) is 5.11 Å². The van der Waals surface area contributed by atoms with Crippen molar-refractivity contribution in [1.29, 1.82) is 0 Å². The number of carbonyl (C=O) groups is 3. The number of hydrogen-bond acceptors (Lipinski definition) is 6. The van der Waals surface area contributed by atoms with Gasteiger partial charge < -0.3 is 10.5 Å². The minimum absolute atomic E-state index is 0.0178. The lowest BCUT2D eigenvalue weighted by Gasteiger charge is -2.27. The van der Waals surface area contributed by atoms with Crippen LogP contribution >= 0.6 is 12.2 Å². The molecule has 1 aliphatic rings. The zero-order chi connectivity index (χ0) is 26.6. The van der Waals surface area contributed by atoms with E-state index in [1.165, 1.54) is 4.90 Å². The summed E-state index contributed by atoms with van der Waals surface area (Å²) in [5, 5.41) is 16.4. The number of pyridine rings is 1. The molecule has 0 saturated carbocycles. The second kappa shape index (κ2) is 10.9. The van der Waals surface area contributed by atoms with E-state index in [0.717, 1.165) is 16.3 Å². The first-order valence-corrected chi connectivity index (χ1v) is 12.3. The Kier molecular flexibility index (Phi) is 7.18. The Morgan fingerprint density at radius 3 is 2.34 bits per heavy atom. The topological polar surface area (TPSA) is 119 Å². The van der Waals surface area contributed by atoms with E-state index in [1.54, 1.807) is 60.9 Å². The highest BCUT2D eigenvalue weighted by Crippen LogP contribution is 2.23. The SMILES string of the molecule is O=C1c2ccccc2C(=O)N1CC(Cc1ccccc1)NC(=S)N[NH+]([O-])C(=O)c1ccc2cnccc2c1. The monoisotopic (exact) mass is 525 g/mol. The first kappa shape index (κ1) is 25.2. The molecule has 10 heteroatoms. The fraction of sp³-hybridized carbons (Fsp3) is 0.107. The van der Waals surface area contributed by atoms with Gasteiger partial charge in [-0.1, -0.05) is 48.5 Å². The number of nitrogens with zero attached hydrogens (tertiary/aromatic N) is 2. The summed E-state index contributed by atoms with van der Waals surface area (Å²) in [5.41, 5.74) is 4.30. The summed E-state index contributed by atoms with van der Waals surface area (Å²) in [7, 11) is 0. The molecule has 5 rings (SSSR count). The molecule has 0 aliphatic carbocycles. The third-order valence-corrected chi connectivity index (χ3v) is 6.50. The molecule has 0 bridgehead atoms. The van der Waals surface area contributed by atoms with E-state index in [0.29, 0.717) is 17.5 Å². The van der Waals surface area contributed by atoms with Gasteiger partial charge in [-0.25, -0.2) is 15.4 Å². The summed E-state index contributed by atoms with van der Waals surface area (Å²) in [4.78, 5) is 43.8. The molecule has 0 saturated heterocycles. The Morgan fingerprint density at radius 2 is 1.63 bits per heavy atom. The van der Waals surface area contributed by atoms with Gasteiger partial charge in [0.15, 0.2) is 0 Å². The number of aromatic nitrogens is 1. The number of carbonyl (C=O) groups excluding carboxylic acids is 3. The molecule has 2 unspecified atom stereocenters. The highest BCUT2D eigenvalue weighted by atomic mass is 32.1. The Labute approximate surface area is 223 Å². The molecule has 190 valence electrons. The smallest absolute Gasteiger partial charge is 0.368 e. The van der Waals surface area contributed by atoms with E-state index in [1.807, 2.05) is 30.3 Å². The lowest BCUT2D eigenvalue weighted by Crippen LogP contribution is -3.17. The summed E-state index contributed by atoms with van der Waals surface area (Å²) >= 11 is 5.35. The quantitative estimate of drug-likeness (QED) is 0.199. The number of nitrogens with one attached hydrogen (secondary N) is 3. The molecule has 0 fully saturated rings. The number of benzene rings is 3. The molecule has 3 aromatic carbocycles. The Balaban J connectivity index is 1.29. The van der Waals surface area contributed by atoms with Gasteiger partial charge in [-0.2, -0.15) is 0 Å². The van der Waals surface area contributed by atoms with Crippen LogP contribution < -0.4 is 15.9 Å². The van der Waals surface area contributed by atoms with Gasteiger partial charge in [0.1, 0.15) is 0 Å². The van der Waals surface area contributed by atoms with Gasteiger partial charge >= 0.3 is 5.91 Å². The number of fused-ring (bicyclic) bond motifs is 2. The van der Waals surface area contributed by atoms with Gasteiger partial charge in [0.25, 0.3) is 11.8 Å². The van der Waals surface area contributed by atoms with Crippen LogP contribution in [0.3, 0.4) is 0 Å². The zero-order valence-electron chi connectivity index (χ0n) is 20.1. The number of thiocarbonyl (C=S) groups is 1. The summed E-state index contributed by atoms with van der Waals surface area (Å²) in [5.74, 6) is -1.52. The predicted octanol–water partition coefficient (Wildman–Crippen LogP) is 2.04. The molecule has 0 spiro atoms. The molecule has 2 atom stereocenters. The lowest BCUT2D eigenvalue weighted by atomic mass is 10.1. The highest BCUT2D eigenvalue weighted by molar-refractivity contribution is 7.80.